The number of halogens is 1. The SMILES string of the molecule is Cl.O=C(c1ccc(-c2ccccc2)cc1)N(c1ccccc1)[C@@H]1C[C@@H]1NCC1CC1. The Morgan fingerprint density at radius 1 is 0.833 bits per heavy atom. The maximum Gasteiger partial charge on any atom is 0.258 e. The van der Waals surface area contributed by atoms with Crippen LogP contribution < -0.4 is 10.2 Å². The summed E-state index contributed by atoms with van der Waals surface area (Å²) in [6.45, 7) is 1.09. The van der Waals surface area contributed by atoms with Crippen LogP contribution in [-0.2, 0) is 0 Å². The molecule has 0 radical (unpaired) electrons. The average molecular weight is 419 g/mol. The summed E-state index contributed by atoms with van der Waals surface area (Å²) in [6.07, 6.45) is 3.72. The Morgan fingerprint density at radius 2 is 1.43 bits per heavy atom. The summed E-state index contributed by atoms with van der Waals surface area (Å²) in [4.78, 5) is 15.5. The molecule has 0 saturated heterocycles. The number of rotatable bonds is 7. The van der Waals surface area contributed by atoms with Gasteiger partial charge in [-0.3, -0.25) is 4.79 Å². The molecule has 1 amide bonds. The number of hydrogen-bond donors (Lipinski definition) is 1. The molecule has 4 heteroatoms. The van der Waals surface area contributed by atoms with Crippen molar-refractivity contribution in [3.05, 3.63) is 90.5 Å². The van der Waals surface area contributed by atoms with Gasteiger partial charge in [-0.2, -0.15) is 0 Å². The summed E-state index contributed by atoms with van der Waals surface area (Å²) < 4.78 is 0. The van der Waals surface area contributed by atoms with Gasteiger partial charge in [0.1, 0.15) is 0 Å². The molecule has 154 valence electrons. The highest BCUT2D eigenvalue weighted by atomic mass is 35.5. The van der Waals surface area contributed by atoms with Crippen molar-refractivity contribution in [2.24, 2.45) is 5.92 Å². The molecule has 30 heavy (non-hydrogen) atoms. The van der Waals surface area contributed by atoms with Crippen LogP contribution in [0.2, 0.25) is 0 Å². The Labute approximate surface area is 184 Å². The number of nitrogens with zero attached hydrogens (tertiary/aromatic N) is 1. The Bertz CT molecular complexity index is 971. The second kappa shape index (κ2) is 9.03. The molecule has 2 saturated carbocycles. The molecule has 0 aliphatic heterocycles. The molecule has 1 N–H and O–H groups in total. The number of anilines is 1. The Hall–Kier alpha value is -2.62. The van der Waals surface area contributed by atoms with Gasteiger partial charge in [-0.25, -0.2) is 0 Å². The molecule has 2 aliphatic rings. The Morgan fingerprint density at radius 3 is 2.07 bits per heavy atom. The molecule has 3 nitrogen and oxygen atoms in total. The normalized spacial score (nSPS) is 19.6. The van der Waals surface area contributed by atoms with Crippen molar-refractivity contribution in [3.63, 3.8) is 0 Å². The Balaban J connectivity index is 0.00000218. The van der Waals surface area contributed by atoms with Crippen LogP contribution in [0.25, 0.3) is 11.1 Å². The summed E-state index contributed by atoms with van der Waals surface area (Å²) in [7, 11) is 0. The van der Waals surface area contributed by atoms with Gasteiger partial charge in [0.15, 0.2) is 0 Å². The van der Waals surface area contributed by atoms with Crippen molar-refractivity contribution >= 4 is 24.0 Å². The number of amides is 1. The van der Waals surface area contributed by atoms with Gasteiger partial charge in [0, 0.05) is 17.3 Å². The molecule has 0 aromatic heterocycles. The lowest BCUT2D eigenvalue weighted by molar-refractivity contribution is 0.0984. The van der Waals surface area contributed by atoms with Gasteiger partial charge < -0.3 is 10.2 Å². The largest absolute Gasteiger partial charge is 0.312 e. The van der Waals surface area contributed by atoms with Crippen LogP contribution in [-0.4, -0.2) is 24.5 Å². The molecule has 3 aromatic carbocycles. The third kappa shape index (κ3) is 4.58. The maximum atomic E-state index is 13.5. The molecule has 5 rings (SSSR count). The fourth-order valence-electron chi connectivity index (χ4n) is 3.95. The minimum Gasteiger partial charge on any atom is -0.312 e. The van der Waals surface area contributed by atoms with Gasteiger partial charge in [-0.05, 0) is 67.1 Å². The minimum absolute atomic E-state index is 0. The van der Waals surface area contributed by atoms with Crippen LogP contribution in [0.5, 0.6) is 0 Å². The van der Waals surface area contributed by atoms with Crippen LogP contribution in [0.1, 0.15) is 29.6 Å². The fourth-order valence-corrected chi connectivity index (χ4v) is 3.95. The third-order valence-electron chi connectivity index (χ3n) is 5.95. The summed E-state index contributed by atoms with van der Waals surface area (Å²) in [5.74, 6) is 0.930. The molecule has 2 atom stereocenters. The van der Waals surface area contributed by atoms with Gasteiger partial charge in [-0.15, -0.1) is 12.4 Å². The van der Waals surface area contributed by atoms with Gasteiger partial charge >= 0.3 is 0 Å². The summed E-state index contributed by atoms with van der Waals surface area (Å²) in [5, 5.41) is 3.66. The van der Waals surface area contributed by atoms with E-state index in [4.69, 9.17) is 0 Å². The minimum atomic E-state index is 0. The summed E-state index contributed by atoms with van der Waals surface area (Å²) in [5.41, 5.74) is 4.01. The predicted octanol–water partition coefficient (Wildman–Crippen LogP) is 5.56. The van der Waals surface area contributed by atoms with Crippen molar-refractivity contribution in [3.8, 4) is 11.1 Å². The average Bonchev–Trinajstić information content (AvgIpc) is 3.70. The predicted molar refractivity (Wildman–Crippen MR) is 125 cm³/mol. The molecule has 2 fully saturated rings. The van der Waals surface area contributed by atoms with E-state index in [1.807, 2.05) is 77.7 Å². The third-order valence-corrected chi connectivity index (χ3v) is 5.95. The fraction of sp³-hybridized carbons (Fsp3) is 0.269. The van der Waals surface area contributed by atoms with Gasteiger partial charge in [-0.1, -0.05) is 60.7 Å². The monoisotopic (exact) mass is 418 g/mol. The van der Waals surface area contributed by atoms with Crippen LogP contribution in [0.4, 0.5) is 5.69 Å². The van der Waals surface area contributed by atoms with E-state index < -0.39 is 0 Å². The van der Waals surface area contributed by atoms with Crippen molar-refractivity contribution in [2.75, 3.05) is 11.4 Å². The molecule has 0 heterocycles. The topological polar surface area (TPSA) is 32.3 Å². The van der Waals surface area contributed by atoms with Crippen molar-refractivity contribution in [1.29, 1.82) is 0 Å². The molecule has 0 unspecified atom stereocenters. The zero-order valence-electron chi connectivity index (χ0n) is 16.9. The Kier molecular flexibility index (Phi) is 6.21. The zero-order chi connectivity index (χ0) is 19.6. The second-order valence-corrected chi connectivity index (χ2v) is 8.22. The number of para-hydroxylation sites is 1. The van der Waals surface area contributed by atoms with E-state index in [2.05, 4.69) is 17.4 Å². The maximum absolute atomic E-state index is 13.5. The van der Waals surface area contributed by atoms with E-state index in [0.29, 0.717) is 6.04 Å². The highest BCUT2D eigenvalue weighted by Crippen LogP contribution is 2.35. The quantitative estimate of drug-likeness (QED) is 0.544. The first-order chi connectivity index (χ1) is 14.3. The first-order valence-electron chi connectivity index (χ1n) is 10.6. The van der Waals surface area contributed by atoms with Crippen molar-refractivity contribution in [1.82, 2.24) is 5.32 Å². The molecular formula is C26H27ClN2O. The number of carbonyl (C=O) groups is 1. The summed E-state index contributed by atoms with van der Waals surface area (Å²) in [6, 6.07) is 29.0. The highest BCUT2D eigenvalue weighted by Gasteiger charge is 2.45. The lowest BCUT2D eigenvalue weighted by Crippen LogP contribution is -2.37. The highest BCUT2D eigenvalue weighted by molar-refractivity contribution is 6.07. The molecule has 0 bridgehead atoms. The van der Waals surface area contributed by atoms with Crippen LogP contribution in [0.15, 0.2) is 84.9 Å². The number of carbonyl (C=O) groups excluding carboxylic acids is 1. The number of hydrogen-bond acceptors (Lipinski definition) is 2. The lowest BCUT2D eigenvalue weighted by atomic mass is 10.0. The molecule has 0 spiro atoms. The van der Waals surface area contributed by atoms with Crippen molar-refractivity contribution < 1.29 is 4.79 Å². The number of benzene rings is 3. The van der Waals surface area contributed by atoms with Gasteiger partial charge in [0.25, 0.3) is 5.91 Å². The van der Waals surface area contributed by atoms with Crippen LogP contribution >= 0.6 is 12.4 Å². The van der Waals surface area contributed by atoms with E-state index >= 15 is 0 Å². The van der Waals surface area contributed by atoms with Crippen LogP contribution in [0, 0.1) is 5.92 Å². The zero-order valence-corrected chi connectivity index (χ0v) is 17.7. The van der Waals surface area contributed by atoms with Crippen LogP contribution in [0.3, 0.4) is 0 Å². The standard InChI is InChI=1S/C26H26N2O.ClH/c29-26(22-15-13-21(14-16-22)20-7-3-1-4-8-20)28(23-9-5-2-6-10-23)25-17-24(25)27-18-19-11-12-19;/h1-10,13-16,19,24-25,27H,11-12,17-18H2;1H/t24-,25+;/m0./s1. The van der Waals surface area contributed by atoms with Gasteiger partial charge in [0.2, 0.25) is 0 Å². The molecule has 2 aliphatic carbocycles. The van der Waals surface area contributed by atoms with Gasteiger partial charge in [0.05, 0.1) is 6.04 Å². The van der Waals surface area contributed by atoms with Crippen molar-refractivity contribution in [2.45, 2.75) is 31.3 Å². The molecular weight excluding hydrogens is 392 g/mol. The second-order valence-electron chi connectivity index (χ2n) is 8.22. The van der Waals surface area contributed by atoms with E-state index in [9.17, 15) is 4.79 Å². The van der Waals surface area contributed by atoms with E-state index in [-0.39, 0.29) is 24.4 Å². The van der Waals surface area contributed by atoms with E-state index in [0.717, 1.165) is 41.3 Å². The van der Waals surface area contributed by atoms with E-state index in [1.54, 1.807) is 0 Å². The molecule has 3 aromatic rings. The smallest absolute Gasteiger partial charge is 0.258 e. The van der Waals surface area contributed by atoms with E-state index in [1.165, 1.54) is 12.8 Å². The first kappa shape index (κ1) is 20.6. The lowest BCUT2D eigenvalue weighted by Gasteiger charge is -2.24. The summed E-state index contributed by atoms with van der Waals surface area (Å²) >= 11 is 0. The first-order valence-corrected chi connectivity index (χ1v) is 10.6. The number of nitrogens with one attached hydrogen (secondary N) is 1.